The molecule has 3 aromatic rings. The predicted molar refractivity (Wildman–Crippen MR) is 105 cm³/mol. The molecule has 0 saturated heterocycles. The van der Waals surface area contributed by atoms with Crippen LogP contribution in [-0.2, 0) is 9.53 Å². The first-order valence-corrected chi connectivity index (χ1v) is 8.33. The fourth-order valence-corrected chi connectivity index (χ4v) is 2.76. The number of carbonyl (C=O) groups is 2. The lowest BCUT2D eigenvalue weighted by Gasteiger charge is -2.10. The molecule has 0 aliphatic heterocycles. The molecule has 7 nitrogen and oxygen atoms in total. The van der Waals surface area contributed by atoms with Crippen molar-refractivity contribution in [1.29, 1.82) is 0 Å². The largest absolute Gasteiger partial charge is 0.464 e. The molecule has 1 N–H and O–H groups in total. The lowest BCUT2D eigenvalue weighted by atomic mass is 10.0. The summed E-state index contributed by atoms with van der Waals surface area (Å²) in [4.78, 5) is 35.3. The van der Waals surface area contributed by atoms with Crippen LogP contribution in [-0.4, -0.2) is 23.9 Å². The fraction of sp³-hybridized carbons (Fsp3) is 0.0476. The van der Waals surface area contributed by atoms with Crippen molar-refractivity contribution in [2.24, 2.45) is 0 Å². The van der Waals surface area contributed by atoms with Gasteiger partial charge in [-0.05, 0) is 28.5 Å². The summed E-state index contributed by atoms with van der Waals surface area (Å²) >= 11 is 0. The zero-order valence-electron chi connectivity index (χ0n) is 14.9. The Bertz CT molecular complexity index is 1100. The van der Waals surface area contributed by atoms with Gasteiger partial charge in [-0.1, -0.05) is 48.5 Å². The molecule has 28 heavy (non-hydrogen) atoms. The first-order chi connectivity index (χ1) is 13.5. The molecule has 0 saturated carbocycles. The maximum atomic E-state index is 12.8. The van der Waals surface area contributed by atoms with Crippen molar-refractivity contribution in [1.82, 2.24) is 5.32 Å². The number of hydrogen-bond donors (Lipinski definition) is 1. The molecule has 0 heterocycles. The molecule has 0 radical (unpaired) electrons. The van der Waals surface area contributed by atoms with Gasteiger partial charge in [0.2, 0.25) is 0 Å². The average molecular weight is 376 g/mol. The minimum Gasteiger partial charge on any atom is -0.464 e. The number of nitro benzene ring substituents is 1. The van der Waals surface area contributed by atoms with Crippen molar-refractivity contribution in [3.63, 3.8) is 0 Å². The molecule has 1 amide bonds. The number of ether oxygens (including phenoxy) is 1. The predicted octanol–water partition coefficient (Wildman–Crippen LogP) is 3.69. The highest BCUT2D eigenvalue weighted by atomic mass is 16.6. The van der Waals surface area contributed by atoms with Crippen molar-refractivity contribution < 1.29 is 19.2 Å². The van der Waals surface area contributed by atoms with Gasteiger partial charge in [-0.2, -0.15) is 0 Å². The highest BCUT2D eigenvalue weighted by molar-refractivity contribution is 6.10. The van der Waals surface area contributed by atoms with E-state index in [9.17, 15) is 19.7 Å². The maximum absolute atomic E-state index is 12.8. The van der Waals surface area contributed by atoms with Crippen molar-refractivity contribution >= 4 is 34.4 Å². The number of nitrogens with zero attached hydrogens (tertiary/aromatic N) is 1. The van der Waals surface area contributed by atoms with Gasteiger partial charge in [0.25, 0.3) is 11.6 Å². The molecule has 3 aromatic carbocycles. The lowest BCUT2D eigenvalue weighted by Crippen LogP contribution is -2.28. The van der Waals surface area contributed by atoms with E-state index in [-0.39, 0.29) is 11.4 Å². The summed E-state index contributed by atoms with van der Waals surface area (Å²) in [6, 6.07) is 18.4. The number of methoxy groups -OCH3 is 1. The Morgan fingerprint density at radius 2 is 1.75 bits per heavy atom. The first-order valence-electron chi connectivity index (χ1n) is 8.33. The van der Waals surface area contributed by atoms with Crippen LogP contribution in [0.4, 0.5) is 5.69 Å². The molecule has 0 bridgehead atoms. The van der Waals surface area contributed by atoms with Gasteiger partial charge in [0, 0.05) is 17.7 Å². The molecule has 3 rings (SSSR count). The monoisotopic (exact) mass is 376 g/mol. The summed E-state index contributed by atoms with van der Waals surface area (Å²) < 4.78 is 4.73. The number of benzene rings is 3. The van der Waals surface area contributed by atoms with E-state index in [4.69, 9.17) is 4.74 Å². The minimum atomic E-state index is -0.764. The number of nitro groups is 1. The normalized spacial score (nSPS) is 11.1. The summed E-state index contributed by atoms with van der Waals surface area (Å²) in [5.41, 5.74) is 0.527. The number of carbonyl (C=O) groups excluding carboxylic acids is 2. The highest BCUT2D eigenvalue weighted by Gasteiger charge is 2.17. The van der Waals surface area contributed by atoms with Gasteiger partial charge in [0.15, 0.2) is 0 Å². The molecule has 7 heteroatoms. The number of amides is 1. The molecule has 0 unspecified atom stereocenters. The number of nitrogens with one attached hydrogen (secondary N) is 1. The van der Waals surface area contributed by atoms with Crippen LogP contribution >= 0.6 is 0 Å². The Balaban J connectivity index is 1.97. The zero-order chi connectivity index (χ0) is 20.1. The van der Waals surface area contributed by atoms with Crippen LogP contribution in [0, 0.1) is 10.1 Å². The topological polar surface area (TPSA) is 98.5 Å². The number of esters is 1. The van der Waals surface area contributed by atoms with E-state index in [1.165, 1.54) is 31.4 Å². The Morgan fingerprint density at radius 1 is 1.04 bits per heavy atom. The molecular formula is C21H16N2O5. The van der Waals surface area contributed by atoms with Crippen molar-refractivity contribution in [3.05, 3.63) is 93.7 Å². The quantitative estimate of drug-likeness (QED) is 0.317. The molecule has 140 valence electrons. The van der Waals surface area contributed by atoms with Crippen LogP contribution in [0.3, 0.4) is 0 Å². The van der Waals surface area contributed by atoms with E-state index in [0.717, 1.165) is 10.8 Å². The Kier molecular flexibility index (Phi) is 5.45. The third kappa shape index (κ3) is 4.04. The van der Waals surface area contributed by atoms with Gasteiger partial charge in [-0.3, -0.25) is 14.9 Å². The van der Waals surface area contributed by atoms with E-state index in [0.29, 0.717) is 11.1 Å². The van der Waals surface area contributed by atoms with Crippen LogP contribution in [0.2, 0.25) is 0 Å². The SMILES string of the molecule is COC(=O)C(=Cc1cccc([N+](=O)[O-])c1)NC(=O)c1cccc2ccccc12. The summed E-state index contributed by atoms with van der Waals surface area (Å²) in [5, 5.41) is 15.1. The third-order valence-corrected chi connectivity index (χ3v) is 4.08. The van der Waals surface area contributed by atoms with Gasteiger partial charge >= 0.3 is 5.97 Å². The second kappa shape index (κ2) is 8.13. The van der Waals surface area contributed by atoms with Crippen molar-refractivity contribution in [2.75, 3.05) is 7.11 Å². The summed E-state index contributed by atoms with van der Waals surface area (Å²) in [7, 11) is 1.19. The Hall–Kier alpha value is -4.00. The molecule has 0 aliphatic carbocycles. The van der Waals surface area contributed by atoms with Crippen LogP contribution in [0.15, 0.2) is 72.4 Å². The molecule has 0 aliphatic rings. The zero-order valence-corrected chi connectivity index (χ0v) is 14.9. The van der Waals surface area contributed by atoms with Crippen LogP contribution in [0.25, 0.3) is 16.8 Å². The van der Waals surface area contributed by atoms with Crippen molar-refractivity contribution in [3.8, 4) is 0 Å². The van der Waals surface area contributed by atoms with Crippen molar-refractivity contribution in [2.45, 2.75) is 0 Å². The standard InChI is InChI=1S/C21H16N2O5/c1-28-21(25)19(13-14-6-4-9-16(12-14)23(26)27)22-20(24)18-11-5-8-15-7-2-3-10-17(15)18/h2-13H,1H3,(H,22,24). The van der Waals surface area contributed by atoms with E-state index in [1.54, 1.807) is 18.2 Å². The number of rotatable bonds is 5. The summed E-state index contributed by atoms with van der Waals surface area (Å²) in [5.74, 6) is -1.25. The van der Waals surface area contributed by atoms with Crippen LogP contribution < -0.4 is 5.32 Å². The molecular weight excluding hydrogens is 360 g/mol. The summed E-state index contributed by atoms with van der Waals surface area (Å²) in [6.07, 6.45) is 1.34. The second-order valence-electron chi connectivity index (χ2n) is 5.88. The molecule has 0 fully saturated rings. The first kappa shape index (κ1) is 18.8. The van der Waals surface area contributed by atoms with Crippen LogP contribution in [0.1, 0.15) is 15.9 Å². The molecule has 0 atom stereocenters. The van der Waals surface area contributed by atoms with Gasteiger partial charge in [0.1, 0.15) is 5.70 Å². The average Bonchev–Trinajstić information content (AvgIpc) is 2.72. The fourth-order valence-electron chi connectivity index (χ4n) is 2.76. The highest BCUT2D eigenvalue weighted by Crippen LogP contribution is 2.20. The van der Waals surface area contributed by atoms with Gasteiger partial charge in [-0.15, -0.1) is 0 Å². The Labute approximate surface area is 160 Å². The summed E-state index contributed by atoms with van der Waals surface area (Å²) in [6.45, 7) is 0. The number of fused-ring (bicyclic) bond motifs is 1. The van der Waals surface area contributed by atoms with Gasteiger partial charge in [-0.25, -0.2) is 4.79 Å². The Morgan fingerprint density at radius 3 is 2.50 bits per heavy atom. The van der Waals surface area contributed by atoms with E-state index >= 15 is 0 Å². The van der Waals surface area contributed by atoms with E-state index < -0.39 is 16.8 Å². The molecule has 0 spiro atoms. The minimum absolute atomic E-state index is 0.124. The smallest absolute Gasteiger partial charge is 0.354 e. The van der Waals surface area contributed by atoms with E-state index in [1.807, 2.05) is 30.3 Å². The maximum Gasteiger partial charge on any atom is 0.354 e. The number of non-ortho nitro benzene ring substituents is 1. The second-order valence-corrected chi connectivity index (χ2v) is 5.88. The van der Waals surface area contributed by atoms with Gasteiger partial charge in [0.05, 0.1) is 12.0 Å². The van der Waals surface area contributed by atoms with Gasteiger partial charge < -0.3 is 10.1 Å². The molecule has 0 aromatic heterocycles. The number of hydrogen-bond acceptors (Lipinski definition) is 5. The third-order valence-electron chi connectivity index (χ3n) is 4.08. The van der Waals surface area contributed by atoms with Crippen LogP contribution in [0.5, 0.6) is 0 Å². The lowest BCUT2D eigenvalue weighted by molar-refractivity contribution is -0.384. The van der Waals surface area contributed by atoms with E-state index in [2.05, 4.69) is 5.32 Å².